The van der Waals surface area contributed by atoms with Crippen LogP contribution in [0.3, 0.4) is 0 Å². The van der Waals surface area contributed by atoms with E-state index in [4.69, 9.17) is 7.85 Å². The quantitative estimate of drug-likeness (QED) is 0.506. The standard InChI is InChI=1S/C9H7BO2/c1-2-6-3-4-8(10)7(5-11)9(6)12/h2-5,12H,1H2. The van der Waals surface area contributed by atoms with Crippen LogP contribution < -0.4 is 5.46 Å². The first-order valence-electron chi connectivity index (χ1n) is 3.39. The molecular weight excluding hydrogens is 151 g/mol. The zero-order valence-corrected chi connectivity index (χ0v) is 6.45. The number of hydrogen-bond donors (Lipinski definition) is 1. The molecule has 0 unspecified atom stereocenters. The molecule has 58 valence electrons. The van der Waals surface area contributed by atoms with Gasteiger partial charge in [0.05, 0.1) is 0 Å². The van der Waals surface area contributed by atoms with Crippen LogP contribution in [0.4, 0.5) is 0 Å². The SMILES string of the molecule is [B]c1ccc(C=C)c(O)c1C=O. The lowest BCUT2D eigenvalue weighted by Crippen LogP contribution is -2.09. The van der Waals surface area contributed by atoms with Gasteiger partial charge in [0.15, 0.2) is 6.29 Å². The van der Waals surface area contributed by atoms with Gasteiger partial charge in [-0.05, 0) is 0 Å². The highest BCUT2D eigenvalue weighted by atomic mass is 16.3. The van der Waals surface area contributed by atoms with Crippen LogP contribution in [-0.2, 0) is 0 Å². The molecule has 2 nitrogen and oxygen atoms in total. The molecule has 3 heteroatoms. The molecule has 0 spiro atoms. The van der Waals surface area contributed by atoms with E-state index in [1.807, 2.05) is 0 Å². The summed E-state index contributed by atoms with van der Waals surface area (Å²) >= 11 is 0. The highest BCUT2D eigenvalue weighted by molar-refractivity contribution is 6.35. The zero-order chi connectivity index (χ0) is 9.14. The fourth-order valence-corrected chi connectivity index (χ4v) is 0.929. The first-order valence-corrected chi connectivity index (χ1v) is 3.39. The second-order valence-corrected chi connectivity index (χ2v) is 2.33. The number of aromatic hydroxyl groups is 1. The van der Waals surface area contributed by atoms with Crippen molar-refractivity contribution in [2.45, 2.75) is 0 Å². The Kier molecular flexibility index (Phi) is 2.33. The van der Waals surface area contributed by atoms with Crippen LogP contribution in [0.25, 0.3) is 6.08 Å². The Balaban J connectivity index is 3.43. The van der Waals surface area contributed by atoms with E-state index < -0.39 is 0 Å². The summed E-state index contributed by atoms with van der Waals surface area (Å²) in [6.45, 7) is 3.48. The van der Waals surface area contributed by atoms with Gasteiger partial charge in [0.2, 0.25) is 0 Å². The topological polar surface area (TPSA) is 37.3 Å². The van der Waals surface area contributed by atoms with E-state index in [0.717, 1.165) is 0 Å². The summed E-state index contributed by atoms with van der Waals surface area (Å²) in [5.41, 5.74) is 0.895. The summed E-state index contributed by atoms with van der Waals surface area (Å²) < 4.78 is 0. The van der Waals surface area contributed by atoms with Crippen LogP contribution in [0.15, 0.2) is 18.7 Å². The summed E-state index contributed by atoms with van der Waals surface area (Å²) in [4.78, 5) is 10.4. The predicted molar refractivity (Wildman–Crippen MR) is 49.0 cm³/mol. The van der Waals surface area contributed by atoms with Gasteiger partial charge in [-0.1, -0.05) is 30.3 Å². The van der Waals surface area contributed by atoms with E-state index in [0.29, 0.717) is 11.8 Å². The molecule has 12 heavy (non-hydrogen) atoms. The lowest BCUT2D eigenvalue weighted by atomic mass is 9.89. The Hall–Kier alpha value is -1.51. The van der Waals surface area contributed by atoms with Gasteiger partial charge in [0.1, 0.15) is 13.6 Å². The van der Waals surface area contributed by atoms with E-state index in [1.54, 1.807) is 12.1 Å². The van der Waals surface area contributed by atoms with E-state index in [9.17, 15) is 9.90 Å². The average Bonchev–Trinajstić information content (AvgIpc) is 2.06. The van der Waals surface area contributed by atoms with E-state index in [2.05, 4.69) is 6.58 Å². The molecule has 0 fully saturated rings. The van der Waals surface area contributed by atoms with Crippen LogP contribution >= 0.6 is 0 Å². The van der Waals surface area contributed by atoms with Crippen molar-refractivity contribution in [1.29, 1.82) is 0 Å². The van der Waals surface area contributed by atoms with Crippen LogP contribution in [0, 0.1) is 0 Å². The minimum absolute atomic E-state index is 0.111. The minimum atomic E-state index is -0.111. The monoisotopic (exact) mass is 158 g/mol. The molecule has 1 rings (SSSR count). The number of phenolic OH excluding ortho intramolecular Hbond substituents is 1. The molecule has 0 aliphatic heterocycles. The van der Waals surface area contributed by atoms with Gasteiger partial charge < -0.3 is 5.11 Å². The highest BCUT2D eigenvalue weighted by Crippen LogP contribution is 2.19. The predicted octanol–water partition coefficient (Wildman–Crippen LogP) is 0.641. The largest absolute Gasteiger partial charge is 0.507 e. The first kappa shape index (κ1) is 8.59. The number of benzene rings is 1. The molecule has 0 bridgehead atoms. The second-order valence-electron chi connectivity index (χ2n) is 2.33. The Bertz CT molecular complexity index is 332. The van der Waals surface area contributed by atoms with Crippen molar-refractivity contribution >= 4 is 25.7 Å². The third-order valence-corrected chi connectivity index (χ3v) is 1.62. The van der Waals surface area contributed by atoms with Crippen LogP contribution in [-0.4, -0.2) is 19.2 Å². The van der Waals surface area contributed by atoms with Crippen LogP contribution in [0.2, 0.25) is 0 Å². The fourth-order valence-electron chi connectivity index (χ4n) is 0.929. The second kappa shape index (κ2) is 3.26. The van der Waals surface area contributed by atoms with Gasteiger partial charge in [0.25, 0.3) is 0 Å². The lowest BCUT2D eigenvalue weighted by Gasteiger charge is -2.04. The maximum Gasteiger partial charge on any atom is 0.153 e. The number of phenols is 1. The van der Waals surface area contributed by atoms with Crippen LogP contribution in [0.1, 0.15) is 15.9 Å². The molecule has 1 N–H and O–H groups in total. The number of carbonyl (C=O) groups excluding carboxylic acids is 1. The molecule has 2 radical (unpaired) electrons. The molecule has 1 aromatic carbocycles. The van der Waals surface area contributed by atoms with Gasteiger partial charge in [0, 0.05) is 11.1 Å². The van der Waals surface area contributed by atoms with Gasteiger partial charge in [-0.15, -0.1) is 0 Å². The van der Waals surface area contributed by atoms with Crippen molar-refractivity contribution in [3.63, 3.8) is 0 Å². The molecule has 0 aromatic heterocycles. The van der Waals surface area contributed by atoms with E-state index >= 15 is 0 Å². The van der Waals surface area contributed by atoms with E-state index in [-0.39, 0.29) is 16.8 Å². The molecule has 0 aliphatic rings. The molecule has 0 saturated heterocycles. The maximum atomic E-state index is 10.4. The van der Waals surface area contributed by atoms with Crippen molar-refractivity contribution in [3.8, 4) is 5.75 Å². The fraction of sp³-hybridized carbons (Fsp3) is 0. The molecule has 1 aromatic rings. The number of carbonyl (C=O) groups is 1. The Morgan fingerprint density at radius 3 is 2.67 bits per heavy atom. The molecule has 0 heterocycles. The Morgan fingerprint density at radius 1 is 1.50 bits per heavy atom. The van der Waals surface area contributed by atoms with Gasteiger partial charge in [-0.2, -0.15) is 0 Å². The van der Waals surface area contributed by atoms with Gasteiger partial charge in [-0.25, -0.2) is 0 Å². The van der Waals surface area contributed by atoms with Gasteiger partial charge in [-0.3, -0.25) is 4.79 Å². The van der Waals surface area contributed by atoms with Crippen molar-refractivity contribution < 1.29 is 9.90 Å². The molecule has 0 saturated carbocycles. The smallest absolute Gasteiger partial charge is 0.153 e. The third kappa shape index (κ3) is 1.26. The van der Waals surface area contributed by atoms with E-state index in [1.165, 1.54) is 6.08 Å². The first-order chi connectivity index (χ1) is 5.70. The Labute approximate surface area is 71.9 Å². The molecular formula is C9H7BO2. The van der Waals surface area contributed by atoms with Crippen molar-refractivity contribution in [2.75, 3.05) is 0 Å². The number of rotatable bonds is 2. The number of aldehydes is 1. The summed E-state index contributed by atoms with van der Waals surface area (Å²) in [5, 5.41) is 9.39. The van der Waals surface area contributed by atoms with Crippen molar-refractivity contribution in [3.05, 3.63) is 29.8 Å². The minimum Gasteiger partial charge on any atom is -0.507 e. The highest BCUT2D eigenvalue weighted by Gasteiger charge is 2.05. The lowest BCUT2D eigenvalue weighted by molar-refractivity contribution is 0.112. The van der Waals surface area contributed by atoms with Crippen molar-refractivity contribution in [2.24, 2.45) is 0 Å². The molecule has 0 amide bonds. The molecule has 0 aliphatic carbocycles. The number of hydrogen-bond acceptors (Lipinski definition) is 2. The third-order valence-electron chi connectivity index (χ3n) is 1.62. The molecule has 0 atom stereocenters. The van der Waals surface area contributed by atoms with Crippen LogP contribution in [0.5, 0.6) is 5.75 Å². The zero-order valence-electron chi connectivity index (χ0n) is 6.45. The summed E-state index contributed by atoms with van der Waals surface area (Å²) in [5.74, 6) is -0.111. The Morgan fingerprint density at radius 2 is 2.17 bits per heavy atom. The summed E-state index contributed by atoms with van der Waals surface area (Å²) in [6, 6.07) is 3.16. The van der Waals surface area contributed by atoms with Gasteiger partial charge >= 0.3 is 0 Å². The maximum absolute atomic E-state index is 10.4. The average molecular weight is 158 g/mol. The normalized spacial score (nSPS) is 9.33. The van der Waals surface area contributed by atoms with Crippen molar-refractivity contribution in [1.82, 2.24) is 0 Å². The summed E-state index contributed by atoms with van der Waals surface area (Å²) in [6.07, 6.45) is 1.99. The summed E-state index contributed by atoms with van der Waals surface area (Å²) in [7, 11) is 5.43.